The Morgan fingerprint density at radius 3 is 2.94 bits per heavy atom. The standard InChI is InChI=1S/C26H32N4O3/c31-24(11-3-1-2-9-21-13-12-18-8-6-14-27-26(18)29-21)30-23(16-25(32)33)20-15-19-7-4-5-10-22(19)28-17-20/h4-5,7,10,12-13,15,17,23,26-27,29H,1-3,6,8-9,11,14,16H2,(H,30,31)(H,32,33). The van der Waals surface area contributed by atoms with Gasteiger partial charge in [-0.3, -0.25) is 19.9 Å². The molecule has 33 heavy (non-hydrogen) atoms. The van der Waals surface area contributed by atoms with Crippen molar-refractivity contribution >= 4 is 22.8 Å². The number of rotatable bonds is 10. The topological polar surface area (TPSA) is 103 Å². The number of dihydropyridines is 1. The maximum Gasteiger partial charge on any atom is 0.305 e. The minimum Gasteiger partial charge on any atom is -0.481 e. The molecule has 4 N–H and O–H groups in total. The molecular formula is C26H32N4O3. The van der Waals surface area contributed by atoms with E-state index >= 15 is 0 Å². The van der Waals surface area contributed by atoms with Crippen LogP contribution in [0, 0.1) is 0 Å². The van der Waals surface area contributed by atoms with Gasteiger partial charge < -0.3 is 15.7 Å². The summed E-state index contributed by atoms with van der Waals surface area (Å²) in [6.45, 7) is 1.05. The number of aliphatic carboxylic acids is 1. The average molecular weight is 449 g/mol. The highest BCUT2D eigenvalue weighted by molar-refractivity contribution is 5.80. The number of carboxylic acids is 1. The van der Waals surface area contributed by atoms with Crippen molar-refractivity contribution < 1.29 is 14.7 Å². The third-order valence-electron chi connectivity index (χ3n) is 6.27. The van der Waals surface area contributed by atoms with Crippen LogP contribution in [0.4, 0.5) is 0 Å². The number of para-hydroxylation sites is 1. The smallest absolute Gasteiger partial charge is 0.305 e. The lowest BCUT2D eigenvalue weighted by Gasteiger charge is -2.32. The van der Waals surface area contributed by atoms with Crippen LogP contribution >= 0.6 is 0 Å². The molecule has 2 aliphatic rings. The van der Waals surface area contributed by atoms with Crippen LogP contribution in [0.1, 0.15) is 63.0 Å². The Kier molecular flexibility index (Phi) is 7.73. The van der Waals surface area contributed by atoms with Crippen molar-refractivity contribution in [3.8, 4) is 0 Å². The number of aromatic nitrogens is 1. The molecule has 174 valence electrons. The molecule has 0 spiro atoms. The summed E-state index contributed by atoms with van der Waals surface area (Å²) < 4.78 is 0. The Labute approximate surface area is 194 Å². The van der Waals surface area contributed by atoms with Gasteiger partial charge in [0.25, 0.3) is 0 Å². The van der Waals surface area contributed by atoms with Gasteiger partial charge in [-0.1, -0.05) is 30.7 Å². The van der Waals surface area contributed by atoms with Gasteiger partial charge in [-0.25, -0.2) is 0 Å². The number of carbonyl (C=O) groups excluding carboxylic acids is 1. The lowest BCUT2D eigenvalue weighted by molar-refractivity contribution is -0.137. The van der Waals surface area contributed by atoms with Crippen LogP contribution in [-0.4, -0.2) is 34.7 Å². The van der Waals surface area contributed by atoms with Crippen molar-refractivity contribution in [3.63, 3.8) is 0 Å². The fraction of sp³-hybridized carbons (Fsp3) is 0.423. The van der Waals surface area contributed by atoms with E-state index in [1.165, 1.54) is 17.7 Å². The molecule has 4 rings (SSSR count). The first-order valence-electron chi connectivity index (χ1n) is 11.8. The van der Waals surface area contributed by atoms with Crippen LogP contribution in [0.15, 0.2) is 60.0 Å². The second-order valence-electron chi connectivity index (χ2n) is 8.81. The van der Waals surface area contributed by atoms with E-state index in [0.29, 0.717) is 12.0 Å². The zero-order valence-corrected chi connectivity index (χ0v) is 18.8. The molecule has 2 aromatic rings. The van der Waals surface area contributed by atoms with Gasteiger partial charge in [-0.15, -0.1) is 0 Å². The van der Waals surface area contributed by atoms with Crippen LogP contribution in [0.2, 0.25) is 0 Å². The average Bonchev–Trinajstić information content (AvgIpc) is 2.82. The normalized spacial score (nSPS) is 18.5. The van der Waals surface area contributed by atoms with Gasteiger partial charge in [0.05, 0.1) is 24.1 Å². The van der Waals surface area contributed by atoms with Gasteiger partial charge >= 0.3 is 5.97 Å². The predicted octanol–water partition coefficient (Wildman–Crippen LogP) is 3.94. The molecule has 2 atom stereocenters. The van der Waals surface area contributed by atoms with Gasteiger partial charge in [-0.05, 0) is 68.0 Å². The third kappa shape index (κ3) is 6.42. The van der Waals surface area contributed by atoms with Gasteiger partial charge in [0.2, 0.25) is 5.91 Å². The van der Waals surface area contributed by atoms with E-state index in [1.807, 2.05) is 30.3 Å². The Balaban J connectivity index is 1.23. The Morgan fingerprint density at radius 1 is 1.18 bits per heavy atom. The summed E-state index contributed by atoms with van der Waals surface area (Å²) in [5.41, 5.74) is 4.23. The van der Waals surface area contributed by atoms with Crippen molar-refractivity contribution in [2.45, 2.75) is 63.6 Å². The number of carbonyl (C=O) groups is 2. The van der Waals surface area contributed by atoms with E-state index < -0.39 is 12.0 Å². The first-order valence-corrected chi connectivity index (χ1v) is 11.8. The minimum atomic E-state index is -0.952. The molecule has 7 nitrogen and oxygen atoms in total. The van der Waals surface area contributed by atoms with E-state index in [-0.39, 0.29) is 18.5 Å². The highest BCUT2D eigenvalue weighted by Crippen LogP contribution is 2.22. The summed E-state index contributed by atoms with van der Waals surface area (Å²) in [5, 5.41) is 20.2. The first kappa shape index (κ1) is 23.0. The van der Waals surface area contributed by atoms with Crippen LogP contribution in [0.3, 0.4) is 0 Å². The molecule has 0 radical (unpaired) electrons. The van der Waals surface area contributed by atoms with Crippen LogP contribution in [0.25, 0.3) is 10.9 Å². The Morgan fingerprint density at radius 2 is 2.06 bits per heavy atom. The summed E-state index contributed by atoms with van der Waals surface area (Å²) in [6, 6.07) is 8.98. The van der Waals surface area contributed by atoms with Gasteiger partial charge in [-0.2, -0.15) is 0 Å². The number of pyridine rings is 1. The zero-order valence-electron chi connectivity index (χ0n) is 18.8. The molecule has 1 fully saturated rings. The van der Waals surface area contributed by atoms with Gasteiger partial charge in [0.1, 0.15) is 0 Å². The fourth-order valence-electron chi connectivity index (χ4n) is 4.48. The largest absolute Gasteiger partial charge is 0.481 e. The highest BCUT2D eigenvalue weighted by atomic mass is 16.4. The molecule has 1 saturated heterocycles. The van der Waals surface area contributed by atoms with Crippen molar-refractivity contribution in [2.24, 2.45) is 0 Å². The van der Waals surface area contributed by atoms with E-state index in [1.54, 1.807) is 6.20 Å². The number of hydrogen-bond acceptors (Lipinski definition) is 5. The molecule has 0 saturated carbocycles. The molecule has 3 heterocycles. The number of benzene rings is 1. The summed E-state index contributed by atoms with van der Waals surface area (Å²) >= 11 is 0. The van der Waals surface area contributed by atoms with Crippen LogP contribution in [0.5, 0.6) is 0 Å². The maximum atomic E-state index is 12.5. The number of piperidine rings is 1. The zero-order chi connectivity index (χ0) is 23.0. The highest BCUT2D eigenvalue weighted by Gasteiger charge is 2.21. The second-order valence-corrected chi connectivity index (χ2v) is 8.81. The van der Waals surface area contributed by atoms with Crippen molar-refractivity contribution in [2.75, 3.05) is 6.54 Å². The second kappa shape index (κ2) is 11.1. The Bertz CT molecular complexity index is 1060. The SMILES string of the molecule is O=C(O)CC(NC(=O)CCCCCC1=CC=C2CCCNC2N1)c1cnc2ccccc2c1. The van der Waals surface area contributed by atoms with Crippen molar-refractivity contribution in [1.82, 2.24) is 20.9 Å². The molecule has 1 aromatic carbocycles. The summed E-state index contributed by atoms with van der Waals surface area (Å²) in [5.74, 6) is -1.07. The van der Waals surface area contributed by atoms with E-state index in [4.69, 9.17) is 0 Å². The van der Waals surface area contributed by atoms with E-state index in [9.17, 15) is 14.7 Å². The molecule has 1 aromatic heterocycles. The number of nitrogens with one attached hydrogen (secondary N) is 3. The summed E-state index contributed by atoms with van der Waals surface area (Å²) in [4.78, 5) is 28.3. The van der Waals surface area contributed by atoms with Crippen molar-refractivity contribution in [1.29, 1.82) is 0 Å². The number of allylic oxidation sites excluding steroid dienone is 3. The lowest BCUT2D eigenvalue weighted by Crippen LogP contribution is -2.47. The monoisotopic (exact) mass is 448 g/mol. The maximum absolute atomic E-state index is 12.5. The predicted molar refractivity (Wildman–Crippen MR) is 128 cm³/mol. The molecule has 2 aliphatic heterocycles. The summed E-state index contributed by atoms with van der Waals surface area (Å²) in [7, 11) is 0. The minimum absolute atomic E-state index is 0.122. The Hall–Kier alpha value is -3.19. The number of fused-ring (bicyclic) bond motifs is 2. The quantitative estimate of drug-likeness (QED) is 0.411. The lowest BCUT2D eigenvalue weighted by atomic mass is 9.98. The number of hydrogen-bond donors (Lipinski definition) is 4. The molecule has 1 amide bonds. The third-order valence-corrected chi connectivity index (χ3v) is 6.27. The molecule has 7 heteroatoms. The van der Waals surface area contributed by atoms with Crippen molar-refractivity contribution in [3.05, 3.63) is 65.5 Å². The molecule has 0 bridgehead atoms. The number of carboxylic acid groups (broad SMARTS) is 1. The molecular weight excluding hydrogens is 416 g/mol. The first-order chi connectivity index (χ1) is 16.1. The van der Waals surface area contributed by atoms with E-state index in [0.717, 1.165) is 49.6 Å². The number of nitrogens with zero attached hydrogens (tertiary/aromatic N) is 1. The number of amides is 1. The van der Waals surface area contributed by atoms with Crippen LogP contribution < -0.4 is 16.0 Å². The van der Waals surface area contributed by atoms with Crippen LogP contribution in [-0.2, 0) is 9.59 Å². The fourth-order valence-corrected chi connectivity index (χ4v) is 4.48. The van der Waals surface area contributed by atoms with E-state index in [2.05, 4.69) is 33.1 Å². The van der Waals surface area contributed by atoms with Gasteiger partial charge in [0, 0.05) is 23.7 Å². The number of unbranched alkanes of at least 4 members (excludes halogenated alkanes) is 2. The molecule has 2 unspecified atom stereocenters. The molecule has 0 aliphatic carbocycles. The van der Waals surface area contributed by atoms with Gasteiger partial charge in [0.15, 0.2) is 0 Å². The summed E-state index contributed by atoms with van der Waals surface area (Å²) in [6.07, 6.45) is 12.6.